The van der Waals surface area contributed by atoms with Crippen molar-refractivity contribution in [3.8, 4) is 0 Å². The number of oxazole rings is 1. The number of aromatic nitrogens is 3. The molecule has 0 N–H and O–H groups in total. The Kier molecular flexibility index (Phi) is 4.65. The summed E-state index contributed by atoms with van der Waals surface area (Å²) < 4.78 is 19.3. The zero-order chi connectivity index (χ0) is 17.9. The van der Waals surface area contributed by atoms with Crippen LogP contribution in [0.3, 0.4) is 0 Å². The normalized spacial score (nSPS) is 17.5. The van der Waals surface area contributed by atoms with Gasteiger partial charge in [-0.3, -0.25) is 0 Å². The molecule has 0 bridgehead atoms. The summed E-state index contributed by atoms with van der Waals surface area (Å²) in [5, 5.41) is 0. The maximum atomic E-state index is 13.3. The third-order valence-corrected chi connectivity index (χ3v) is 4.72. The minimum absolute atomic E-state index is 0.231. The van der Waals surface area contributed by atoms with E-state index < -0.39 is 0 Å². The standard InChI is InChI=1S/C20H21FN4O/c1-14-8-19(24-13-23-14)25-7-3-5-16(12-25)20-22-11-18(26-20)10-15-4-2-6-17(21)9-15/h2,4,6,8-9,11,13,16H,3,5,7,10,12H2,1H3/t16-/m1/s1. The molecule has 0 radical (unpaired) electrons. The van der Waals surface area contributed by atoms with E-state index in [2.05, 4.69) is 19.9 Å². The van der Waals surface area contributed by atoms with Gasteiger partial charge >= 0.3 is 0 Å². The van der Waals surface area contributed by atoms with Crippen LogP contribution in [0.2, 0.25) is 0 Å². The number of halogens is 1. The van der Waals surface area contributed by atoms with Gasteiger partial charge in [0, 0.05) is 31.3 Å². The van der Waals surface area contributed by atoms with Crippen LogP contribution >= 0.6 is 0 Å². The molecule has 3 heterocycles. The molecule has 1 aromatic carbocycles. The lowest BCUT2D eigenvalue weighted by Gasteiger charge is -2.32. The van der Waals surface area contributed by atoms with Crippen LogP contribution in [0.4, 0.5) is 10.2 Å². The molecule has 0 spiro atoms. The van der Waals surface area contributed by atoms with Crippen LogP contribution in [0.25, 0.3) is 0 Å². The Morgan fingerprint density at radius 1 is 1.23 bits per heavy atom. The van der Waals surface area contributed by atoms with Crippen LogP contribution < -0.4 is 4.90 Å². The van der Waals surface area contributed by atoms with E-state index in [0.717, 1.165) is 54.7 Å². The Balaban J connectivity index is 1.46. The fourth-order valence-corrected chi connectivity index (χ4v) is 3.44. The summed E-state index contributed by atoms with van der Waals surface area (Å²) in [6.07, 6.45) is 6.02. The molecule has 134 valence electrons. The first-order valence-electron chi connectivity index (χ1n) is 8.90. The molecule has 4 rings (SSSR count). The molecule has 3 aromatic rings. The van der Waals surface area contributed by atoms with E-state index >= 15 is 0 Å². The quantitative estimate of drug-likeness (QED) is 0.713. The number of hydrogen-bond acceptors (Lipinski definition) is 5. The minimum atomic E-state index is -0.231. The van der Waals surface area contributed by atoms with Gasteiger partial charge in [-0.25, -0.2) is 19.3 Å². The number of rotatable bonds is 4. The van der Waals surface area contributed by atoms with Crippen LogP contribution in [-0.2, 0) is 6.42 Å². The van der Waals surface area contributed by atoms with E-state index in [1.54, 1.807) is 18.6 Å². The highest BCUT2D eigenvalue weighted by molar-refractivity contribution is 5.39. The summed E-state index contributed by atoms with van der Waals surface area (Å²) in [6, 6.07) is 8.59. The number of nitrogens with zero attached hydrogens (tertiary/aromatic N) is 4. The van der Waals surface area contributed by atoms with Gasteiger partial charge in [0.25, 0.3) is 0 Å². The largest absolute Gasteiger partial charge is 0.445 e. The monoisotopic (exact) mass is 352 g/mol. The number of hydrogen-bond donors (Lipinski definition) is 0. The summed E-state index contributed by atoms with van der Waals surface area (Å²) in [7, 11) is 0. The highest BCUT2D eigenvalue weighted by atomic mass is 19.1. The van der Waals surface area contributed by atoms with Crippen molar-refractivity contribution in [3.63, 3.8) is 0 Å². The Labute approximate surface area is 151 Å². The molecule has 0 saturated carbocycles. The molecule has 0 aliphatic carbocycles. The van der Waals surface area contributed by atoms with E-state index in [-0.39, 0.29) is 11.7 Å². The maximum Gasteiger partial charge on any atom is 0.199 e. The first kappa shape index (κ1) is 16.7. The van der Waals surface area contributed by atoms with Crippen LogP contribution in [0.15, 0.2) is 47.3 Å². The molecule has 1 aliphatic rings. The summed E-state index contributed by atoms with van der Waals surface area (Å²) in [5.74, 6) is 2.48. The van der Waals surface area contributed by atoms with Crippen molar-refractivity contribution in [1.29, 1.82) is 0 Å². The fraction of sp³-hybridized carbons (Fsp3) is 0.350. The average molecular weight is 352 g/mol. The molecule has 5 nitrogen and oxygen atoms in total. The SMILES string of the molecule is Cc1cc(N2CCC[C@@H](c3ncc(Cc4cccc(F)c4)o3)C2)ncn1. The van der Waals surface area contributed by atoms with Gasteiger partial charge in [0.1, 0.15) is 23.7 Å². The second kappa shape index (κ2) is 7.23. The predicted octanol–water partition coefficient (Wildman–Crippen LogP) is 3.89. The zero-order valence-corrected chi connectivity index (χ0v) is 14.7. The van der Waals surface area contributed by atoms with Gasteiger partial charge in [-0.05, 0) is 37.5 Å². The molecule has 1 fully saturated rings. The molecule has 1 saturated heterocycles. The zero-order valence-electron chi connectivity index (χ0n) is 14.7. The average Bonchev–Trinajstić information content (AvgIpc) is 3.10. The highest BCUT2D eigenvalue weighted by Gasteiger charge is 2.26. The van der Waals surface area contributed by atoms with Gasteiger partial charge in [0.05, 0.1) is 12.1 Å². The van der Waals surface area contributed by atoms with Crippen LogP contribution in [-0.4, -0.2) is 28.0 Å². The second-order valence-electron chi connectivity index (χ2n) is 6.77. The molecular weight excluding hydrogens is 331 g/mol. The fourth-order valence-electron chi connectivity index (χ4n) is 3.44. The Hall–Kier alpha value is -2.76. The lowest BCUT2D eigenvalue weighted by molar-refractivity contribution is 0.384. The molecule has 0 unspecified atom stereocenters. The molecule has 1 atom stereocenters. The molecule has 0 amide bonds. The van der Waals surface area contributed by atoms with Crippen LogP contribution in [0, 0.1) is 12.7 Å². The first-order valence-corrected chi connectivity index (χ1v) is 8.90. The molecular formula is C20H21FN4O. The van der Waals surface area contributed by atoms with E-state index in [0.29, 0.717) is 6.42 Å². The van der Waals surface area contributed by atoms with Gasteiger partial charge in [-0.2, -0.15) is 0 Å². The summed E-state index contributed by atoms with van der Waals surface area (Å²) in [6.45, 7) is 3.78. The maximum absolute atomic E-state index is 13.3. The molecule has 26 heavy (non-hydrogen) atoms. The molecule has 1 aliphatic heterocycles. The Morgan fingerprint density at radius 2 is 2.15 bits per heavy atom. The first-order chi connectivity index (χ1) is 12.7. The number of benzene rings is 1. The second-order valence-corrected chi connectivity index (χ2v) is 6.77. The van der Waals surface area contributed by atoms with Crippen LogP contribution in [0.1, 0.15) is 41.7 Å². The van der Waals surface area contributed by atoms with Gasteiger partial charge in [0.2, 0.25) is 0 Å². The van der Waals surface area contributed by atoms with E-state index in [4.69, 9.17) is 4.42 Å². The predicted molar refractivity (Wildman–Crippen MR) is 96.7 cm³/mol. The highest BCUT2D eigenvalue weighted by Crippen LogP contribution is 2.29. The van der Waals surface area contributed by atoms with Gasteiger partial charge in [-0.15, -0.1) is 0 Å². The minimum Gasteiger partial charge on any atom is -0.445 e. The third kappa shape index (κ3) is 3.74. The number of anilines is 1. The molecule has 6 heteroatoms. The summed E-state index contributed by atoms with van der Waals surface area (Å²) in [4.78, 5) is 15.3. The number of aryl methyl sites for hydroxylation is 1. The van der Waals surface area contributed by atoms with E-state index in [9.17, 15) is 4.39 Å². The van der Waals surface area contributed by atoms with Crippen molar-refractivity contribution in [2.75, 3.05) is 18.0 Å². The Morgan fingerprint density at radius 3 is 3.00 bits per heavy atom. The lowest BCUT2D eigenvalue weighted by atomic mass is 9.98. The molecule has 2 aromatic heterocycles. The Bertz CT molecular complexity index is 895. The lowest BCUT2D eigenvalue weighted by Crippen LogP contribution is -2.35. The summed E-state index contributed by atoms with van der Waals surface area (Å²) >= 11 is 0. The van der Waals surface area contributed by atoms with Crippen molar-refractivity contribution in [3.05, 3.63) is 71.6 Å². The van der Waals surface area contributed by atoms with Crippen molar-refractivity contribution >= 4 is 5.82 Å². The van der Waals surface area contributed by atoms with Crippen molar-refractivity contribution < 1.29 is 8.81 Å². The summed E-state index contributed by atoms with van der Waals surface area (Å²) in [5.41, 5.74) is 1.85. The van der Waals surface area contributed by atoms with E-state index in [1.165, 1.54) is 12.1 Å². The van der Waals surface area contributed by atoms with Gasteiger partial charge in [-0.1, -0.05) is 12.1 Å². The number of piperidine rings is 1. The third-order valence-electron chi connectivity index (χ3n) is 4.72. The van der Waals surface area contributed by atoms with Crippen molar-refractivity contribution in [1.82, 2.24) is 15.0 Å². The topological polar surface area (TPSA) is 55.1 Å². The van der Waals surface area contributed by atoms with Gasteiger partial charge in [0.15, 0.2) is 5.89 Å². The van der Waals surface area contributed by atoms with Crippen LogP contribution in [0.5, 0.6) is 0 Å². The van der Waals surface area contributed by atoms with Crippen molar-refractivity contribution in [2.45, 2.75) is 32.1 Å². The smallest absolute Gasteiger partial charge is 0.199 e. The van der Waals surface area contributed by atoms with Gasteiger partial charge < -0.3 is 9.32 Å². The van der Waals surface area contributed by atoms with Crippen molar-refractivity contribution in [2.24, 2.45) is 0 Å². The van der Waals surface area contributed by atoms with E-state index in [1.807, 2.05) is 19.1 Å².